The number of nitrogens with zero attached hydrogens (tertiary/aromatic N) is 1. The molecule has 0 unspecified atom stereocenters. The monoisotopic (exact) mass is 309 g/mol. The van der Waals surface area contributed by atoms with Crippen LogP contribution < -0.4 is 0 Å². The Hall–Kier alpha value is -1.92. The van der Waals surface area contributed by atoms with E-state index in [2.05, 4.69) is 0 Å². The number of carbonyl (C=O) groups is 2. The molecule has 22 heavy (non-hydrogen) atoms. The van der Waals surface area contributed by atoms with Crippen LogP contribution in [0.25, 0.3) is 0 Å². The van der Waals surface area contributed by atoms with Crippen molar-refractivity contribution < 1.29 is 23.8 Å². The molecule has 0 spiro atoms. The maximum atomic E-state index is 11.6. The molecular weight excluding hydrogens is 286 g/mol. The van der Waals surface area contributed by atoms with E-state index in [-0.39, 0.29) is 31.7 Å². The zero-order valence-corrected chi connectivity index (χ0v) is 13.3. The maximum Gasteiger partial charge on any atom is 0.306 e. The Balaban J connectivity index is 2.29. The lowest BCUT2D eigenvalue weighted by molar-refractivity contribution is -0.151. The number of aryl methyl sites for hydroxylation is 1. The Morgan fingerprint density at radius 3 is 2.32 bits per heavy atom. The molecule has 6 heteroatoms. The highest BCUT2D eigenvalue weighted by Gasteiger charge is 2.09. The number of amides is 1. The molecule has 0 aliphatic rings. The van der Waals surface area contributed by atoms with Gasteiger partial charge < -0.3 is 19.1 Å². The molecule has 0 N–H and O–H groups in total. The third-order valence-corrected chi connectivity index (χ3v) is 2.97. The van der Waals surface area contributed by atoms with Crippen molar-refractivity contribution in [2.75, 3.05) is 34.6 Å². The quantitative estimate of drug-likeness (QED) is 0.392. The van der Waals surface area contributed by atoms with Gasteiger partial charge in [0.15, 0.2) is 6.61 Å². The predicted octanol–water partition coefficient (Wildman–Crippen LogP) is 1.37. The molecule has 1 aromatic rings. The van der Waals surface area contributed by atoms with Gasteiger partial charge in [0.05, 0.1) is 6.61 Å². The summed E-state index contributed by atoms with van der Waals surface area (Å²) >= 11 is 0. The molecular formula is C16H23NO5. The number of methoxy groups -OCH3 is 1. The second-order valence-electron chi connectivity index (χ2n) is 5.02. The SMILES string of the molecule is COCOCc1ccc(CCC(=O)OCC(=O)N(C)C)cc1. The van der Waals surface area contributed by atoms with Gasteiger partial charge in [0.25, 0.3) is 5.91 Å². The summed E-state index contributed by atoms with van der Waals surface area (Å²) in [6.07, 6.45) is 0.828. The minimum Gasteiger partial charge on any atom is -0.456 e. The number of ether oxygens (including phenoxy) is 3. The normalized spacial score (nSPS) is 10.3. The minimum absolute atomic E-state index is 0.207. The molecule has 122 valence electrons. The summed E-state index contributed by atoms with van der Waals surface area (Å²) < 4.78 is 15.0. The van der Waals surface area contributed by atoms with Gasteiger partial charge in [-0.1, -0.05) is 24.3 Å². The highest BCUT2D eigenvalue weighted by atomic mass is 16.7. The van der Waals surface area contributed by atoms with Crippen molar-refractivity contribution in [3.63, 3.8) is 0 Å². The van der Waals surface area contributed by atoms with Crippen LogP contribution >= 0.6 is 0 Å². The standard InChI is InChI=1S/C16H23NO5/c1-17(2)15(18)11-22-16(19)9-8-13-4-6-14(7-5-13)10-21-12-20-3/h4-7H,8-12H2,1-3H3. The van der Waals surface area contributed by atoms with Gasteiger partial charge in [0, 0.05) is 27.6 Å². The third kappa shape index (κ3) is 7.19. The first-order valence-electron chi connectivity index (χ1n) is 7.03. The molecule has 0 atom stereocenters. The highest BCUT2D eigenvalue weighted by molar-refractivity contribution is 5.80. The van der Waals surface area contributed by atoms with Crippen molar-refractivity contribution in [1.29, 1.82) is 0 Å². The molecule has 1 amide bonds. The maximum absolute atomic E-state index is 11.6. The largest absolute Gasteiger partial charge is 0.456 e. The van der Waals surface area contributed by atoms with E-state index >= 15 is 0 Å². The van der Waals surface area contributed by atoms with Crippen molar-refractivity contribution in [3.05, 3.63) is 35.4 Å². The Morgan fingerprint density at radius 1 is 1.09 bits per heavy atom. The van der Waals surface area contributed by atoms with Gasteiger partial charge in [-0.15, -0.1) is 0 Å². The molecule has 0 heterocycles. The van der Waals surface area contributed by atoms with Gasteiger partial charge in [0.1, 0.15) is 6.79 Å². The fourth-order valence-corrected chi connectivity index (χ4v) is 1.63. The lowest BCUT2D eigenvalue weighted by Crippen LogP contribution is -2.27. The molecule has 0 radical (unpaired) electrons. The molecule has 0 aliphatic heterocycles. The zero-order chi connectivity index (χ0) is 16.4. The van der Waals surface area contributed by atoms with Crippen LogP contribution in [-0.2, 0) is 36.8 Å². The van der Waals surface area contributed by atoms with Gasteiger partial charge >= 0.3 is 5.97 Å². The van der Waals surface area contributed by atoms with Crippen LogP contribution in [0.1, 0.15) is 17.5 Å². The number of hydrogen-bond acceptors (Lipinski definition) is 5. The Kier molecular flexibility index (Phi) is 8.17. The van der Waals surface area contributed by atoms with E-state index in [9.17, 15) is 9.59 Å². The average molecular weight is 309 g/mol. The van der Waals surface area contributed by atoms with Crippen molar-refractivity contribution in [1.82, 2.24) is 4.90 Å². The molecule has 0 bridgehead atoms. The Labute approximate surface area is 131 Å². The number of hydrogen-bond donors (Lipinski definition) is 0. The van der Waals surface area contributed by atoms with Crippen LogP contribution in [0, 0.1) is 0 Å². The van der Waals surface area contributed by atoms with Crippen molar-refractivity contribution in [2.24, 2.45) is 0 Å². The average Bonchev–Trinajstić information content (AvgIpc) is 2.52. The summed E-state index contributed by atoms with van der Waals surface area (Å²) in [6.45, 7) is 0.545. The first kappa shape index (κ1) is 18.1. The van der Waals surface area contributed by atoms with Gasteiger partial charge in [-0.05, 0) is 17.5 Å². The second-order valence-corrected chi connectivity index (χ2v) is 5.02. The first-order valence-corrected chi connectivity index (χ1v) is 7.03. The number of benzene rings is 1. The molecule has 0 saturated carbocycles. The molecule has 0 aliphatic carbocycles. The molecule has 1 rings (SSSR count). The van der Waals surface area contributed by atoms with Crippen LogP contribution in [0.4, 0.5) is 0 Å². The van der Waals surface area contributed by atoms with E-state index in [0.717, 1.165) is 11.1 Å². The fourth-order valence-electron chi connectivity index (χ4n) is 1.63. The number of rotatable bonds is 9. The van der Waals surface area contributed by atoms with E-state index in [1.165, 1.54) is 4.90 Å². The van der Waals surface area contributed by atoms with E-state index < -0.39 is 0 Å². The zero-order valence-electron chi connectivity index (χ0n) is 13.3. The van der Waals surface area contributed by atoms with Crippen LogP contribution in [0.5, 0.6) is 0 Å². The third-order valence-electron chi connectivity index (χ3n) is 2.97. The fraction of sp³-hybridized carbons (Fsp3) is 0.500. The molecule has 0 aromatic heterocycles. The predicted molar refractivity (Wildman–Crippen MR) is 81.1 cm³/mol. The summed E-state index contributed by atoms with van der Waals surface area (Å²) in [7, 11) is 4.82. The van der Waals surface area contributed by atoms with Gasteiger partial charge in [-0.3, -0.25) is 9.59 Å². The minimum atomic E-state index is -0.372. The summed E-state index contributed by atoms with van der Waals surface area (Å²) in [5.41, 5.74) is 2.08. The van der Waals surface area contributed by atoms with Crippen LogP contribution in [-0.4, -0.2) is 51.4 Å². The summed E-state index contributed by atoms with van der Waals surface area (Å²) in [6, 6.07) is 7.80. The van der Waals surface area contributed by atoms with Crippen LogP contribution in [0.2, 0.25) is 0 Å². The van der Waals surface area contributed by atoms with Gasteiger partial charge in [-0.2, -0.15) is 0 Å². The van der Waals surface area contributed by atoms with E-state index in [1.54, 1.807) is 21.2 Å². The smallest absolute Gasteiger partial charge is 0.306 e. The topological polar surface area (TPSA) is 65.1 Å². The number of carbonyl (C=O) groups excluding carboxylic acids is 2. The second kappa shape index (κ2) is 9.92. The van der Waals surface area contributed by atoms with Crippen molar-refractivity contribution >= 4 is 11.9 Å². The van der Waals surface area contributed by atoms with Gasteiger partial charge in [-0.25, -0.2) is 0 Å². The summed E-state index contributed by atoms with van der Waals surface area (Å²) in [5.74, 6) is -0.600. The molecule has 0 fully saturated rings. The molecule has 6 nitrogen and oxygen atoms in total. The lowest BCUT2D eigenvalue weighted by Gasteiger charge is -2.10. The Morgan fingerprint density at radius 2 is 1.73 bits per heavy atom. The summed E-state index contributed by atoms with van der Waals surface area (Å²) in [5, 5.41) is 0. The summed E-state index contributed by atoms with van der Waals surface area (Å²) in [4.78, 5) is 24.2. The lowest BCUT2D eigenvalue weighted by atomic mass is 10.1. The molecule has 1 aromatic carbocycles. The molecule has 0 saturated heterocycles. The van der Waals surface area contributed by atoms with Gasteiger partial charge in [0.2, 0.25) is 0 Å². The highest BCUT2D eigenvalue weighted by Crippen LogP contribution is 2.08. The first-order chi connectivity index (χ1) is 10.5. The van der Waals surface area contributed by atoms with Crippen molar-refractivity contribution in [2.45, 2.75) is 19.4 Å². The van der Waals surface area contributed by atoms with Crippen LogP contribution in [0.15, 0.2) is 24.3 Å². The number of likely N-dealkylation sites (N-methyl/N-ethyl adjacent to an activating group) is 1. The van der Waals surface area contributed by atoms with Crippen molar-refractivity contribution in [3.8, 4) is 0 Å². The van der Waals surface area contributed by atoms with E-state index in [1.807, 2.05) is 24.3 Å². The Bertz CT molecular complexity index is 470. The number of esters is 1. The van der Waals surface area contributed by atoms with Crippen LogP contribution in [0.3, 0.4) is 0 Å². The van der Waals surface area contributed by atoms with E-state index in [4.69, 9.17) is 14.2 Å². The van der Waals surface area contributed by atoms with E-state index in [0.29, 0.717) is 13.0 Å².